The van der Waals surface area contributed by atoms with Crippen LogP contribution in [0.4, 0.5) is 0 Å². The molecule has 0 bridgehead atoms. The van der Waals surface area contributed by atoms with Gasteiger partial charge in [0, 0.05) is 36.9 Å². The molecule has 10 nitrogen and oxygen atoms in total. The third-order valence-corrected chi connectivity index (χ3v) is 5.14. The zero-order chi connectivity index (χ0) is 18.3. The summed E-state index contributed by atoms with van der Waals surface area (Å²) < 4.78 is 4.05. The topological polar surface area (TPSA) is 145 Å². The van der Waals surface area contributed by atoms with Gasteiger partial charge in [-0.25, -0.2) is 9.67 Å². The molecule has 0 atom stereocenters. The van der Waals surface area contributed by atoms with Gasteiger partial charge in [-0.2, -0.15) is 10.2 Å². The molecule has 0 amide bonds. The zero-order valence-corrected chi connectivity index (χ0v) is 14.7. The maximum Gasteiger partial charge on any atom is 0.291 e. The lowest BCUT2D eigenvalue weighted by atomic mass is 10.3. The van der Waals surface area contributed by atoms with Crippen molar-refractivity contribution in [2.24, 2.45) is 18.6 Å². The molecule has 0 saturated carbocycles. The number of fused-ring (bicyclic) bond motifs is 3. The van der Waals surface area contributed by atoms with Crippen molar-refractivity contribution in [3.63, 3.8) is 0 Å². The van der Waals surface area contributed by atoms with Gasteiger partial charge < -0.3 is 15.7 Å². The molecule has 4 aromatic rings. The molecule has 0 spiro atoms. The Hall–Kier alpha value is -3.18. The standard InChI is InChI=1S/C15H17N9OS/c1-23-12-10(6-20-24(15(12)25)7-8(16)5-18-17)13-14(23)21-11(26-13)4-9-2-3-19-22-9/h2-3,5-6,18H,4,7,16-17H2,1H3,(H,19,22)/b8-5-. The van der Waals surface area contributed by atoms with Gasteiger partial charge in [-0.15, -0.1) is 11.3 Å². The minimum absolute atomic E-state index is 0.148. The van der Waals surface area contributed by atoms with Crippen molar-refractivity contribution in [2.45, 2.75) is 13.0 Å². The van der Waals surface area contributed by atoms with Crippen molar-refractivity contribution >= 4 is 32.6 Å². The number of H-pyrrole nitrogens is 1. The SMILES string of the molecule is Cn1c2nc(Cc3cc[nH]n3)sc2c2cnn(C/C(N)=C/NN)c(=O)c21. The van der Waals surface area contributed by atoms with E-state index >= 15 is 0 Å². The number of aryl methyl sites for hydroxylation is 1. The molecular formula is C15H17N9OS. The van der Waals surface area contributed by atoms with Gasteiger partial charge in [0.25, 0.3) is 5.56 Å². The fraction of sp³-hybridized carbons (Fsp3) is 0.200. The summed E-state index contributed by atoms with van der Waals surface area (Å²) in [4.78, 5) is 17.5. The second-order valence-electron chi connectivity index (χ2n) is 5.82. The zero-order valence-electron chi connectivity index (χ0n) is 13.9. The normalized spacial score (nSPS) is 12.3. The van der Waals surface area contributed by atoms with Crippen LogP contribution in [0.2, 0.25) is 0 Å². The predicted octanol–water partition coefficient (Wildman–Crippen LogP) is -0.0780. The Morgan fingerprint density at radius 2 is 2.35 bits per heavy atom. The summed E-state index contributed by atoms with van der Waals surface area (Å²) in [6.07, 6.45) is 5.52. The Morgan fingerprint density at radius 1 is 1.50 bits per heavy atom. The van der Waals surface area contributed by atoms with Crippen LogP contribution in [-0.4, -0.2) is 29.5 Å². The first-order chi connectivity index (χ1) is 12.6. The molecule has 26 heavy (non-hydrogen) atoms. The molecule has 4 aromatic heterocycles. The molecule has 11 heteroatoms. The molecule has 6 N–H and O–H groups in total. The van der Waals surface area contributed by atoms with Gasteiger partial charge in [-0.3, -0.25) is 15.7 Å². The largest absolute Gasteiger partial charge is 0.399 e. The molecule has 0 radical (unpaired) electrons. The fourth-order valence-corrected chi connectivity index (χ4v) is 4.01. The number of hydrogen-bond donors (Lipinski definition) is 4. The molecule has 0 unspecified atom stereocenters. The van der Waals surface area contributed by atoms with Crippen molar-refractivity contribution in [3.05, 3.63) is 51.4 Å². The maximum absolute atomic E-state index is 12.8. The molecule has 0 aliphatic heterocycles. The summed E-state index contributed by atoms with van der Waals surface area (Å²) in [5.41, 5.74) is 10.6. The molecular weight excluding hydrogens is 354 g/mol. The van der Waals surface area contributed by atoms with E-state index in [2.05, 4.69) is 25.7 Å². The quantitative estimate of drug-likeness (QED) is 0.283. The Balaban J connectivity index is 1.80. The van der Waals surface area contributed by atoms with Crippen LogP contribution in [0.3, 0.4) is 0 Å². The number of aromatic nitrogens is 6. The Bertz CT molecular complexity index is 1170. The lowest BCUT2D eigenvalue weighted by molar-refractivity contribution is 0.628. The van der Waals surface area contributed by atoms with Crippen LogP contribution < -0.4 is 22.6 Å². The fourth-order valence-electron chi connectivity index (χ4n) is 2.89. The summed E-state index contributed by atoms with van der Waals surface area (Å²) in [5.74, 6) is 5.20. The lowest BCUT2D eigenvalue weighted by Crippen LogP contribution is -2.27. The van der Waals surface area contributed by atoms with E-state index < -0.39 is 0 Å². The van der Waals surface area contributed by atoms with E-state index in [1.807, 2.05) is 13.1 Å². The molecule has 4 heterocycles. The van der Waals surface area contributed by atoms with E-state index in [1.165, 1.54) is 10.9 Å². The number of hydrazine groups is 1. The number of thiazole rings is 1. The van der Waals surface area contributed by atoms with Crippen LogP contribution in [0, 0.1) is 0 Å². The van der Waals surface area contributed by atoms with Crippen molar-refractivity contribution in [1.82, 2.24) is 35.0 Å². The second-order valence-corrected chi connectivity index (χ2v) is 6.90. The molecule has 0 aliphatic rings. The number of rotatable bonds is 5. The highest BCUT2D eigenvalue weighted by molar-refractivity contribution is 7.19. The van der Waals surface area contributed by atoms with Crippen LogP contribution in [-0.2, 0) is 20.0 Å². The van der Waals surface area contributed by atoms with Crippen molar-refractivity contribution < 1.29 is 0 Å². The number of allylic oxidation sites excluding steroid dienone is 1. The van der Waals surface area contributed by atoms with Crippen LogP contribution in [0.1, 0.15) is 10.7 Å². The van der Waals surface area contributed by atoms with E-state index in [-0.39, 0.29) is 12.1 Å². The van der Waals surface area contributed by atoms with E-state index in [1.54, 1.807) is 28.3 Å². The van der Waals surface area contributed by atoms with Gasteiger partial charge in [-0.1, -0.05) is 0 Å². The molecule has 0 fully saturated rings. The van der Waals surface area contributed by atoms with Crippen LogP contribution >= 0.6 is 11.3 Å². The van der Waals surface area contributed by atoms with E-state index in [0.29, 0.717) is 17.6 Å². The van der Waals surface area contributed by atoms with Crippen molar-refractivity contribution in [1.29, 1.82) is 0 Å². The second kappa shape index (κ2) is 6.28. The van der Waals surface area contributed by atoms with Gasteiger partial charge >= 0.3 is 0 Å². The third-order valence-electron chi connectivity index (χ3n) is 4.06. The predicted molar refractivity (Wildman–Crippen MR) is 99.1 cm³/mol. The molecule has 0 saturated heterocycles. The van der Waals surface area contributed by atoms with E-state index in [4.69, 9.17) is 11.6 Å². The number of nitrogens with one attached hydrogen (secondary N) is 2. The first-order valence-electron chi connectivity index (χ1n) is 7.81. The number of hydrogen-bond acceptors (Lipinski definition) is 8. The number of nitrogens with two attached hydrogens (primary N) is 2. The Kier molecular flexibility index (Phi) is 3.93. The van der Waals surface area contributed by atoms with E-state index in [0.717, 1.165) is 26.4 Å². The number of aromatic amines is 1. The average molecular weight is 371 g/mol. The van der Waals surface area contributed by atoms with Crippen molar-refractivity contribution in [3.8, 4) is 0 Å². The van der Waals surface area contributed by atoms with Gasteiger partial charge in [0.1, 0.15) is 10.5 Å². The summed E-state index contributed by atoms with van der Waals surface area (Å²) in [6, 6.07) is 1.92. The molecule has 0 aliphatic carbocycles. The third kappa shape index (κ3) is 2.62. The van der Waals surface area contributed by atoms with Crippen molar-refractivity contribution in [2.75, 3.05) is 0 Å². The highest BCUT2D eigenvalue weighted by atomic mass is 32.1. The summed E-state index contributed by atoms with van der Waals surface area (Å²) in [7, 11) is 1.83. The molecule has 0 aromatic carbocycles. The maximum atomic E-state index is 12.8. The highest BCUT2D eigenvalue weighted by Crippen LogP contribution is 2.31. The van der Waals surface area contributed by atoms with Gasteiger partial charge in [0.15, 0.2) is 5.65 Å². The number of nitrogens with zero attached hydrogens (tertiary/aromatic N) is 5. The van der Waals surface area contributed by atoms with Crippen LogP contribution in [0.5, 0.6) is 0 Å². The highest BCUT2D eigenvalue weighted by Gasteiger charge is 2.18. The minimum Gasteiger partial charge on any atom is -0.399 e. The molecule has 4 rings (SSSR count). The van der Waals surface area contributed by atoms with Crippen LogP contribution in [0.25, 0.3) is 21.3 Å². The lowest BCUT2D eigenvalue weighted by Gasteiger charge is -2.05. The van der Waals surface area contributed by atoms with E-state index in [9.17, 15) is 4.79 Å². The summed E-state index contributed by atoms with van der Waals surface area (Å²) >= 11 is 1.55. The Labute approximate surface area is 151 Å². The molecule has 134 valence electrons. The summed E-state index contributed by atoms with van der Waals surface area (Å²) in [5, 5.41) is 12.9. The first-order valence-corrected chi connectivity index (χ1v) is 8.63. The minimum atomic E-state index is -0.225. The smallest absolute Gasteiger partial charge is 0.291 e. The van der Waals surface area contributed by atoms with Gasteiger partial charge in [0.2, 0.25) is 0 Å². The van der Waals surface area contributed by atoms with Gasteiger partial charge in [-0.05, 0) is 6.07 Å². The van der Waals surface area contributed by atoms with Crippen LogP contribution in [0.15, 0.2) is 35.2 Å². The first kappa shape index (κ1) is 16.3. The van der Waals surface area contributed by atoms with Gasteiger partial charge in [0.05, 0.1) is 23.1 Å². The monoisotopic (exact) mass is 371 g/mol. The summed E-state index contributed by atoms with van der Waals surface area (Å²) in [6.45, 7) is 0.148. The average Bonchev–Trinajstić information content (AvgIpc) is 3.30. The Morgan fingerprint density at radius 3 is 3.08 bits per heavy atom.